The average Bonchev–Trinajstić information content (AvgIpc) is 2.19. The highest BCUT2D eigenvalue weighted by atomic mass is 16.5. The fourth-order valence-corrected chi connectivity index (χ4v) is 0.788. The molecular formula is C11H15NO3. The summed E-state index contributed by atoms with van der Waals surface area (Å²) in [6.07, 6.45) is 0. The van der Waals surface area contributed by atoms with Crippen molar-refractivity contribution in [3.05, 3.63) is 35.4 Å². The molecule has 0 atom stereocenters. The van der Waals surface area contributed by atoms with Gasteiger partial charge < -0.3 is 0 Å². The maximum absolute atomic E-state index is 10.8. The minimum Gasteiger partial charge on any atom is -0.295 e. The largest absolute Gasteiger partial charge is 0.295 e. The molecule has 0 aliphatic heterocycles. The molecule has 0 heterocycles. The van der Waals surface area contributed by atoms with Gasteiger partial charge in [-0.1, -0.05) is 29.8 Å². The van der Waals surface area contributed by atoms with Gasteiger partial charge in [-0.15, -0.1) is 0 Å². The summed E-state index contributed by atoms with van der Waals surface area (Å²) in [5.41, 5.74) is 3.36. The number of rotatable bonds is 1. The highest BCUT2D eigenvalue weighted by molar-refractivity contribution is 5.93. The number of carbonyl (C=O) groups excluding carboxylic acids is 2. The van der Waals surface area contributed by atoms with E-state index in [0.29, 0.717) is 0 Å². The third-order valence-electron chi connectivity index (χ3n) is 1.62. The van der Waals surface area contributed by atoms with Crippen molar-refractivity contribution < 1.29 is 14.8 Å². The highest BCUT2D eigenvalue weighted by Gasteiger charge is 1.95. The number of hydroxylamine groups is 1. The topological polar surface area (TPSA) is 66.4 Å². The van der Waals surface area contributed by atoms with Gasteiger partial charge in [0, 0.05) is 12.5 Å². The van der Waals surface area contributed by atoms with Crippen LogP contribution in [0.4, 0.5) is 0 Å². The van der Waals surface area contributed by atoms with E-state index in [1.54, 1.807) is 6.92 Å². The Hall–Kier alpha value is -1.68. The van der Waals surface area contributed by atoms with E-state index in [0.717, 1.165) is 5.56 Å². The fraction of sp³-hybridized carbons (Fsp3) is 0.273. The van der Waals surface area contributed by atoms with E-state index in [9.17, 15) is 9.59 Å². The summed E-state index contributed by atoms with van der Waals surface area (Å²) in [5, 5.41) is 7.54. The minimum absolute atomic E-state index is 0.125. The molecule has 0 aromatic heterocycles. The number of benzene rings is 1. The smallest absolute Gasteiger partial charge is 0.240 e. The lowest BCUT2D eigenvalue weighted by Gasteiger charge is -1.93. The number of hydrogen-bond donors (Lipinski definition) is 2. The lowest BCUT2D eigenvalue weighted by atomic mass is 10.1. The molecule has 15 heavy (non-hydrogen) atoms. The van der Waals surface area contributed by atoms with Crippen molar-refractivity contribution in [1.82, 2.24) is 5.48 Å². The van der Waals surface area contributed by atoms with Gasteiger partial charge in [-0.3, -0.25) is 14.8 Å². The van der Waals surface area contributed by atoms with E-state index in [1.807, 2.05) is 31.2 Å². The van der Waals surface area contributed by atoms with E-state index in [-0.39, 0.29) is 5.78 Å². The zero-order valence-corrected chi connectivity index (χ0v) is 9.07. The molecule has 0 aliphatic rings. The monoisotopic (exact) mass is 209 g/mol. The van der Waals surface area contributed by atoms with Gasteiger partial charge in [-0.2, -0.15) is 0 Å². The van der Waals surface area contributed by atoms with Crippen LogP contribution in [-0.2, 0) is 4.79 Å². The molecule has 0 saturated heterocycles. The Morgan fingerprint density at radius 2 is 1.53 bits per heavy atom. The average molecular weight is 209 g/mol. The van der Waals surface area contributed by atoms with Crippen LogP contribution in [0.25, 0.3) is 0 Å². The number of aryl methyl sites for hydroxylation is 1. The van der Waals surface area contributed by atoms with E-state index >= 15 is 0 Å². The molecule has 4 heteroatoms. The molecule has 0 unspecified atom stereocenters. The summed E-state index contributed by atoms with van der Waals surface area (Å²) in [7, 11) is 0. The van der Waals surface area contributed by atoms with Crippen molar-refractivity contribution in [2.24, 2.45) is 0 Å². The van der Waals surface area contributed by atoms with Gasteiger partial charge in [0.25, 0.3) is 0 Å². The van der Waals surface area contributed by atoms with Crippen LogP contribution in [0.15, 0.2) is 24.3 Å². The molecule has 1 aromatic rings. The maximum atomic E-state index is 10.8. The summed E-state index contributed by atoms with van der Waals surface area (Å²) in [6, 6.07) is 7.57. The van der Waals surface area contributed by atoms with Gasteiger partial charge in [0.1, 0.15) is 0 Å². The quantitative estimate of drug-likeness (QED) is 0.420. The Labute approximate surface area is 88.9 Å². The standard InChI is InChI=1S/C9H10O.C2H5NO2/c1-7-3-5-9(6-4-7)8(2)10;1-2(4)3-5/h3-6H,1-2H3;5H,1H3,(H,3,4). The Balaban J connectivity index is 0.000000336. The number of carbonyl (C=O) groups is 2. The first-order valence-electron chi connectivity index (χ1n) is 4.45. The Kier molecular flexibility index (Phi) is 5.97. The predicted molar refractivity (Wildman–Crippen MR) is 56.8 cm³/mol. The van der Waals surface area contributed by atoms with Crippen molar-refractivity contribution in [3.63, 3.8) is 0 Å². The Morgan fingerprint density at radius 3 is 1.80 bits per heavy atom. The maximum Gasteiger partial charge on any atom is 0.240 e. The molecule has 2 N–H and O–H groups in total. The van der Waals surface area contributed by atoms with Crippen LogP contribution in [0.2, 0.25) is 0 Å². The van der Waals surface area contributed by atoms with Crippen LogP contribution in [0.5, 0.6) is 0 Å². The first-order chi connectivity index (χ1) is 6.97. The highest BCUT2D eigenvalue weighted by Crippen LogP contribution is 2.02. The van der Waals surface area contributed by atoms with Crippen LogP contribution in [0.3, 0.4) is 0 Å². The third kappa shape index (κ3) is 6.40. The summed E-state index contributed by atoms with van der Waals surface area (Å²) in [4.78, 5) is 20.2. The van der Waals surface area contributed by atoms with E-state index in [4.69, 9.17) is 5.21 Å². The number of hydrogen-bond acceptors (Lipinski definition) is 3. The molecular weight excluding hydrogens is 194 g/mol. The van der Waals surface area contributed by atoms with Crippen LogP contribution >= 0.6 is 0 Å². The first kappa shape index (κ1) is 13.3. The zero-order valence-electron chi connectivity index (χ0n) is 9.07. The summed E-state index contributed by atoms with van der Waals surface area (Å²) >= 11 is 0. The molecule has 1 rings (SSSR count). The second-order valence-electron chi connectivity index (χ2n) is 3.09. The molecule has 0 radical (unpaired) electrons. The van der Waals surface area contributed by atoms with Gasteiger partial charge in [0.05, 0.1) is 0 Å². The van der Waals surface area contributed by atoms with Gasteiger partial charge in [-0.05, 0) is 13.8 Å². The van der Waals surface area contributed by atoms with Crippen molar-refractivity contribution in [2.75, 3.05) is 0 Å². The van der Waals surface area contributed by atoms with E-state index in [2.05, 4.69) is 0 Å². The molecule has 1 aromatic carbocycles. The van der Waals surface area contributed by atoms with Crippen molar-refractivity contribution >= 4 is 11.7 Å². The van der Waals surface area contributed by atoms with Crippen LogP contribution in [-0.4, -0.2) is 16.9 Å². The van der Waals surface area contributed by atoms with Crippen LogP contribution < -0.4 is 5.48 Å². The summed E-state index contributed by atoms with van der Waals surface area (Å²) < 4.78 is 0. The molecule has 1 amide bonds. The second kappa shape index (κ2) is 6.73. The lowest BCUT2D eigenvalue weighted by Crippen LogP contribution is -2.12. The van der Waals surface area contributed by atoms with Crippen LogP contribution in [0.1, 0.15) is 29.8 Å². The molecule has 0 spiro atoms. The number of amides is 1. The predicted octanol–water partition coefficient (Wildman–Crippen LogP) is 1.71. The molecule has 82 valence electrons. The number of Topliss-reactive ketones (excluding diaryl/α,β-unsaturated/α-hetero) is 1. The first-order valence-corrected chi connectivity index (χ1v) is 4.45. The molecule has 0 fully saturated rings. The molecule has 4 nitrogen and oxygen atoms in total. The van der Waals surface area contributed by atoms with Crippen molar-refractivity contribution in [2.45, 2.75) is 20.8 Å². The Morgan fingerprint density at radius 1 is 1.13 bits per heavy atom. The normalized spacial score (nSPS) is 8.53. The van der Waals surface area contributed by atoms with E-state index in [1.165, 1.54) is 18.0 Å². The number of ketones is 1. The minimum atomic E-state index is -0.440. The van der Waals surface area contributed by atoms with Gasteiger partial charge in [0.2, 0.25) is 5.91 Å². The fourth-order valence-electron chi connectivity index (χ4n) is 0.788. The van der Waals surface area contributed by atoms with Crippen LogP contribution in [0, 0.1) is 6.92 Å². The molecule has 0 aliphatic carbocycles. The number of nitrogens with one attached hydrogen (secondary N) is 1. The van der Waals surface area contributed by atoms with Crippen molar-refractivity contribution in [3.8, 4) is 0 Å². The SMILES string of the molecule is CC(=O)NO.CC(=O)c1ccc(C)cc1. The molecule has 0 saturated carbocycles. The summed E-state index contributed by atoms with van der Waals surface area (Å²) in [5.74, 6) is -0.315. The van der Waals surface area contributed by atoms with Crippen molar-refractivity contribution in [1.29, 1.82) is 0 Å². The Bertz CT molecular complexity index is 330. The molecule has 0 bridgehead atoms. The summed E-state index contributed by atoms with van der Waals surface area (Å²) in [6.45, 7) is 4.80. The van der Waals surface area contributed by atoms with Gasteiger partial charge in [-0.25, -0.2) is 5.48 Å². The lowest BCUT2D eigenvalue weighted by molar-refractivity contribution is -0.126. The third-order valence-corrected chi connectivity index (χ3v) is 1.62. The van der Waals surface area contributed by atoms with E-state index < -0.39 is 5.91 Å². The zero-order chi connectivity index (χ0) is 11.8. The van der Waals surface area contributed by atoms with Gasteiger partial charge in [0.15, 0.2) is 5.78 Å². The second-order valence-corrected chi connectivity index (χ2v) is 3.09. The van der Waals surface area contributed by atoms with Gasteiger partial charge >= 0.3 is 0 Å².